The van der Waals surface area contributed by atoms with E-state index in [0.29, 0.717) is 31.9 Å². The summed E-state index contributed by atoms with van der Waals surface area (Å²) in [4.78, 5) is 16.0. The molecule has 0 fully saturated rings. The van der Waals surface area contributed by atoms with Crippen LogP contribution in [0.1, 0.15) is 30.2 Å². The zero-order chi connectivity index (χ0) is 16.7. The Hall–Kier alpha value is -2.50. The number of ether oxygens (including phenoxy) is 2. The second-order valence-electron chi connectivity index (χ2n) is 5.15. The number of benzene rings is 1. The second-order valence-corrected chi connectivity index (χ2v) is 5.15. The number of amides is 1. The van der Waals surface area contributed by atoms with Gasteiger partial charge in [0.05, 0.1) is 26.0 Å². The highest BCUT2D eigenvalue weighted by molar-refractivity contribution is 5.75. The predicted molar refractivity (Wildman–Crippen MR) is 85.5 cm³/mol. The van der Waals surface area contributed by atoms with Crippen molar-refractivity contribution in [3.63, 3.8) is 0 Å². The third-order valence-corrected chi connectivity index (χ3v) is 3.39. The molecular formula is C17H22N2O4. The Bertz CT molecular complexity index is 615. The molecule has 0 aliphatic rings. The van der Waals surface area contributed by atoms with Crippen LogP contribution in [-0.2, 0) is 11.3 Å². The lowest BCUT2D eigenvalue weighted by Crippen LogP contribution is -2.23. The average Bonchev–Trinajstić information content (AvgIpc) is 2.88. The number of nitrogens with one attached hydrogen (secondary N) is 1. The van der Waals surface area contributed by atoms with Crippen LogP contribution in [0.3, 0.4) is 0 Å². The largest absolute Gasteiger partial charge is 0.497 e. The predicted octanol–water partition coefficient (Wildman–Crippen LogP) is 2.78. The number of carbonyl (C=O) groups is 1. The van der Waals surface area contributed by atoms with E-state index in [0.717, 1.165) is 23.0 Å². The van der Waals surface area contributed by atoms with Gasteiger partial charge in [-0.25, -0.2) is 4.98 Å². The van der Waals surface area contributed by atoms with Gasteiger partial charge in [0.25, 0.3) is 0 Å². The quantitative estimate of drug-likeness (QED) is 0.758. The van der Waals surface area contributed by atoms with Gasteiger partial charge in [0.1, 0.15) is 17.3 Å². The molecule has 0 aliphatic heterocycles. The van der Waals surface area contributed by atoms with Crippen molar-refractivity contribution in [3.05, 3.63) is 41.6 Å². The van der Waals surface area contributed by atoms with E-state index >= 15 is 0 Å². The lowest BCUT2D eigenvalue weighted by Gasteiger charge is -2.07. The number of aryl methyl sites for hydroxylation is 2. The van der Waals surface area contributed by atoms with Gasteiger partial charge in [-0.3, -0.25) is 4.79 Å². The van der Waals surface area contributed by atoms with Gasteiger partial charge < -0.3 is 19.2 Å². The van der Waals surface area contributed by atoms with Crippen molar-refractivity contribution < 1.29 is 18.7 Å². The first-order valence-electron chi connectivity index (χ1n) is 7.55. The van der Waals surface area contributed by atoms with Crippen molar-refractivity contribution in [3.8, 4) is 11.5 Å². The Balaban J connectivity index is 1.62. The van der Waals surface area contributed by atoms with E-state index in [1.54, 1.807) is 7.11 Å². The molecule has 0 radical (unpaired) electrons. The molecule has 0 spiro atoms. The van der Waals surface area contributed by atoms with Gasteiger partial charge in [-0.15, -0.1) is 0 Å². The molecule has 0 bridgehead atoms. The number of aromatic nitrogens is 1. The van der Waals surface area contributed by atoms with E-state index in [9.17, 15) is 4.79 Å². The van der Waals surface area contributed by atoms with Crippen LogP contribution in [0.5, 0.6) is 11.5 Å². The summed E-state index contributed by atoms with van der Waals surface area (Å²) in [6.45, 7) is 4.52. The van der Waals surface area contributed by atoms with Crippen molar-refractivity contribution in [2.45, 2.75) is 33.2 Å². The van der Waals surface area contributed by atoms with Gasteiger partial charge in [0.2, 0.25) is 11.8 Å². The molecule has 0 saturated heterocycles. The molecule has 1 aromatic heterocycles. The van der Waals surface area contributed by atoms with Crippen LogP contribution in [0.2, 0.25) is 0 Å². The van der Waals surface area contributed by atoms with E-state index in [-0.39, 0.29) is 5.91 Å². The SMILES string of the molecule is COc1ccc(OCCCC(=O)NCc2nc(C)c(C)o2)cc1. The van der Waals surface area contributed by atoms with Crippen molar-refractivity contribution in [2.24, 2.45) is 0 Å². The topological polar surface area (TPSA) is 73.6 Å². The molecule has 6 nitrogen and oxygen atoms in total. The third-order valence-electron chi connectivity index (χ3n) is 3.39. The second kappa shape index (κ2) is 8.22. The highest BCUT2D eigenvalue weighted by Gasteiger charge is 2.07. The van der Waals surface area contributed by atoms with E-state index in [1.807, 2.05) is 38.1 Å². The fraction of sp³-hybridized carbons (Fsp3) is 0.412. The number of methoxy groups -OCH3 is 1. The first kappa shape index (κ1) is 16.9. The smallest absolute Gasteiger partial charge is 0.220 e. The summed E-state index contributed by atoms with van der Waals surface area (Å²) in [6, 6.07) is 7.35. The van der Waals surface area contributed by atoms with Gasteiger partial charge in [-0.2, -0.15) is 0 Å². The molecule has 23 heavy (non-hydrogen) atoms. The number of hydrogen-bond acceptors (Lipinski definition) is 5. The molecule has 1 heterocycles. The molecule has 0 atom stereocenters. The molecule has 2 aromatic rings. The maximum Gasteiger partial charge on any atom is 0.220 e. The highest BCUT2D eigenvalue weighted by Crippen LogP contribution is 2.17. The fourth-order valence-electron chi connectivity index (χ4n) is 1.97. The Morgan fingerprint density at radius 3 is 2.52 bits per heavy atom. The zero-order valence-electron chi connectivity index (χ0n) is 13.7. The molecule has 124 valence electrons. The van der Waals surface area contributed by atoms with Gasteiger partial charge >= 0.3 is 0 Å². The maximum atomic E-state index is 11.8. The lowest BCUT2D eigenvalue weighted by atomic mass is 10.3. The molecule has 1 N–H and O–H groups in total. The minimum Gasteiger partial charge on any atom is -0.497 e. The number of oxazole rings is 1. The summed E-state index contributed by atoms with van der Waals surface area (Å²) in [5.74, 6) is 2.81. The summed E-state index contributed by atoms with van der Waals surface area (Å²) in [6.07, 6.45) is 1.04. The standard InChI is InChI=1S/C17H22N2O4/c1-12-13(2)23-17(19-12)11-18-16(20)5-4-10-22-15-8-6-14(21-3)7-9-15/h6-9H,4-5,10-11H2,1-3H3,(H,18,20). The van der Waals surface area contributed by atoms with Crippen molar-refractivity contribution in [2.75, 3.05) is 13.7 Å². The lowest BCUT2D eigenvalue weighted by molar-refractivity contribution is -0.121. The molecule has 0 aliphatic carbocycles. The molecule has 2 rings (SSSR count). The minimum atomic E-state index is -0.0446. The van der Waals surface area contributed by atoms with E-state index in [4.69, 9.17) is 13.9 Å². The van der Waals surface area contributed by atoms with Crippen LogP contribution < -0.4 is 14.8 Å². The maximum absolute atomic E-state index is 11.8. The summed E-state index contributed by atoms with van der Waals surface area (Å²) >= 11 is 0. The average molecular weight is 318 g/mol. The Morgan fingerprint density at radius 1 is 1.22 bits per heavy atom. The first-order valence-corrected chi connectivity index (χ1v) is 7.55. The minimum absolute atomic E-state index is 0.0446. The highest BCUT2D eigenvalue weighted by atomic mass is 16.5. The van der Waals surface area contributed by atoms with Gasteiger partial charge in [-0.1, -0.05) is 0 Å². The van der Waals surface area contributed by atoms with Crippen LogP contribution in [0.25, 0.3) is 0 Å². The molecule has 6 heteroatoms. The van der Waals surface area contributed by atoms with Gasteiger partial charge in [0, 0.05) is 6.42 Å². The number of hydrogen-bond donors (Lipinski definition) is 1. The number of carbonyl (C=O) groups excluding carboxylic acids is 1. The Kier molecular flexibility index (Phi) is 6.02. The molecule has 1 amide bonds. The molecule has 0 saturated carbocycles. The summed E-state index contributed by atoms with van der Waals surface area (Å²) in [5.41, 5.74) is 0.849. The number of rotatable bonds is 8. The van der Waals surface area contributed by atoms with E-state index < -0.39 is 0 Å². The Labute approximate surface area is 135 Å². The van der Waals surface area contributed by atoms with Crippen LogP contribution in [-0.4, -0.2) is 24.6 Å². The monoisotopic (exact) mass is 318 g/mol. The van der Waals surface area contributed by atoms with Crippen molar-refractivity contribution in [1.29, 1.82) is 0 Å². The van der Waals surface area contributed by atoms with Gasteiger partial charge in [-0.05, 0) is 44.5 Å². The summed E-state index contributed by atoms with van der Waals surface area (Å²) in [7, 11) is 1.62. The third kappa shape index (κ3) is 5.32. The van der Waals surface area contributed by atoms with Crippen LogP contribution in [0, 0.1) is 13.8 Å². The molecule has 0 unspecified atom stereocenters. The van der Waals surface area contributed by atoms with Crippen LogP contribution in [0.4, 0.5) is 0 Å². The van der Waals surface area contributed by atoms with Gasteiger partial charge in [0.15, 0.2) is 0 Å². The normalized spacial score (nSPS) is 10.4. The molecule has 1 aromatic carbocycles. The van der Waals surface area contributed by atoms with E-state index in [1.165, 1.54) is 0 Å². The van der Waals surface area contributed by atoms with Crippen molar-refractivity contribution in [1.82, 2.24) is 10.3 Å². The Morgan fingerprint density at radius 2 is 1.91 bits per heavy atom. The van der Waals surface area contributed by atoms with Crippen LogP contribution in [0.15, 0.2) is 28.7 Å². The zero-order valence-corrected chi connectivity index (χ0v) is 13.7. The summed E-state index contributed by atoms with van der Waals surface area (Å²) in [5, 5.41) is 2.79. The van der Waals surface area contributed by atoms with E-state index in [2.05, 4.69) is 10.3 Å². The van der Waals surface area contributed by atoms with Crippen molar-refractivity contribution >= 4 is 5.91 Å². The first-order chi connectivity index (χ1) is 11.1. The molecular weight excluding hydrogens is 296 g/mol. The summed E-state index contributed by atoms with van der Waals surface area (Å²) < 4.78 is 16.1. The fourth-order valence-corrected chi connectivity index (χ4v) is 1.97. The van der Waals surface area contributed by atoms with Crippen LogP contribution >= 0.6 is 0 Å². The number of nitrogens with zero attached hydrogens (tertiary/aromatic N) is 1.